The molecule has 0 heterocycles. The Morgan fingerprint density at radius 1 is 0.593 bits per heavy atom. The van der Waals surface area contributed by atoms with Crippen LogP contribution in [0.1, 0.15) is 109 Å². The summed E-state index contributed by atoms with van der Waals surface area (Å²) in [5.41, 5.74) is 1.24. The molecule has 1 aromatic carbocycles. The smallest absolute Gasteiger partial charge is 0.123 e. The first-order chi connectivity index (χ1) is 13.3. The van der Waals surface area contributed by atoms with Crippen molar-refractivity contribution in [3.63, 3.8) is 0 Å². The normalized spacial score (nSPS) is 11.4. The summed E-state index contributed by atoms with van der Waals surface area (Å²) in [6, 6.07) is 7.07. The molecule has 0 aliphatic rings. The van der Waals surface area contributed by atoms with E-state index in [0.717, 1.165) is 6.54 Å². The number of hydrogen-bond acceptors (Lipinski definition) is 1. The van der Waals surface area contributed by atoms with E-state index in [1.165, 1.54) is 109 Å². The standard InChI is InChI=1S/C25H44FN/c1-3-5-7-9-11-13-15-21-27(22-16-14-12-10-8-6-4-2)23-24-17-19-25(26)20-18-24/h17-20H,3-16,21-23H2,1-2H3. The highest BCUT2D eigenvalue weighted by Crippen LogP contribution is 2.13. The molecule has 0 spiro atoms. The summed E-state index contributed by atoms with van der Waals surface area (Å²) in [5, 5.41) is 0. The molecule has 0 aliphatic carbocycles. The van der Waals surface area contributed by atoms with Gasteiger partial charge in [0.05, 0.1) is 0 Å². The largest absolute Gasteiger partial charge is 0.299 e. The topological polar surface area (TPSA) is 3.24 Å². The first-order valence-corrected chi connectivity index (χ1v) is 11.7. The fourth-order valence-corrected chi connectivity index (χ4v) is 3.70. The van der Waals surface area contributed by atoms with E-state index < -0.39 is 0 Å². The van der Waals surface area contributed by atoms with Gasteiger partial charge in [0, 0.05) is 6.54 Å². The second-order valence-corrected chi connectivity index (χ2v) is 8.15. The van der Waals surface area contributed by atoms with Gasteiger partial charge in [0.15, 0.2) is 0 Å². The monoisotopic (exact) mass is 377 g/mol. The Hall–Kier alpha value is -0.890. The minimum atomic E-state index is -0.135. The molecule has 0 atom stereocenters. The third kappa shape index (κ3) is 13.9. The molecule has 0 N–H and O–H groups in total. The Bertz CT molecular complexity index is 410. The Balaban J connectivity index is 2.27. The minimum Gasteiger partial charge on any atom is -0.299 e. The molecule has 0 radical (unpaired) electrons. The van der Waals surface area contributed by atoms with Crippen LogP contribution in [-0.4, -0.2) is 18.0 Å². The van der Waals surface area contributed by atoms with Crippen molar-refractivity contribution in [2.45, 2.75) is 110 Å². The molecule has 0 fully saturated rings. The summed E-state index contributed by atoms with van der Waals surface area (Å²) in [5.74, 6) is -0.135. The molecule has 0 saturated carbocycles. The van der Waals surface area contributed by atoms with E-state index in [4.69, 9.17) is 0 Å². The van der Waals surface area contributed by atoms with E-state index >= 15 is 0 Å². The highest BCUT2D eigenvalue weighted by atomic mass is 19.1. The zero-order chi connectivity index (χ0) is 19.6. The van der Waals surface area contributed by atoms with Crippen LogP contribution < -0.4 is 0 Å². The van der Waals surface area contributed by atoms with Gasteiger partial charge in [0.1, 0.15) is 5.82 Å². The Morgan fingerprint density at radius 2 is 1.00 bits per heavy atom. The lowest BCUT2D eigenvalue weighted by molar-refractivity contribution is 0.252. The second kappa shape index (κ2) is 17.2. The lowest BCUT2D eigenvalue weighted by Crippen LogP contribution is -2.25. The molecule has 27 heavy (non-hydrogen) atoms. The van der Waals surface area contributed by atoms with Gasteiger partial charge in [0.25, 0.3) is 0 Å². The van der Waals surface area contributed by atoms with Gasteiger partial charge in [0.2, 0.25) is 0 Å². The van der Waals surface area contributed by atoms with Crippen molar-refractivity contribution in [2.24, 2.45) is 0 Å². The number of rotatable bonds is 18. The van der Waals surface area contributed by atoms with Crippen LogP contribution in [0.3, 0.4) is 0 Å². The van der Waals surface area contributed by atoms with Crippen molar-refractivity contribution in [2.75, 3.05) is 13.1 Å². The molecule has 0 aromatic heterocycles. The first-order valence-electron chi connectivity index (χ1n) is 11.7. The van der Waals surface area contributed by atoms with Crippen LogP contribution in [0.15, 0.2) is 24.3 Å². The fourth-order valence-electron chi connectivity index (χ4n) is 3.70. The van der Waals surface area contributed by atoms with Crippen molar-refractivity contribution >= 4 is 0 Å². The fraction of sp³-hybridized carbons (Fsp3) is 0.760. The van der Waals surface area contributed by atoms with Crippen molar-refractivity contribution in [3.8, 4) is 0 Å². The lowest BCUT2D eigenvalue weighted by Gasteiger charge is -2.22. The van der Waals surface area contributed by atoms with Crippen LogP contribution in [0, 0.1) is 5.82 Å². The van der Waals surface area contributed by atoms with Crippen LogP contribution in [0.5, 0.6) is 0 Å². The third-order valence-corrected chi connectivity index (χ3v) is 5.48. The molecule has 0 bridgehead atoms. The van der Waals surface area contributed by atoms with Crippen LogP contribution in [-0.2, 0) is 6.54 Å². The highest BCUT2D eigenvalue weighted by Gasteiger charge is 2.06. The predicted molar refractivity (Wildman–Crippen MR) is 118 cm³/mol. The summed E-state index contributed by atoms with van der Waals surface area (Å²) in [4.78, 5) is 2.59. The van der Waals surface area contributed by atoms with Gasteiger partial charge in [-0.2, -0.15) is 0 Å². The highest BCUT2D eigenvalue weighted by molar-refractivity contribution is 5.15. The maximum atomic E-state index is 13.2. The van der Waals surface area contributed by atoms with Gasteiger partial charge in [-0.3, -0.25) is 4.90 Å². The molecule has 1 rings (SSSR count). The number of halogens is 1. The van der Waals surface area contributed by atoms with E-state index in [2.05, 4.69) is 18.7 Å². The van der Waals surface area contributed by atoms with Gasteiger partial charge in [-0.15, -0.1) is 0 Å². The summed E-state index contributed by atoms with van der Waals surface area (Å²) < 4.78 is 13.2. The van der Waals surface area contributed by atoms with Crippen molar-refractivity contribution in [1.29, 1.82) is 0 Å². The molecule has 2 heteroatoms. The van der Waals surface area contributed by atoms with Gasteiger partial charge in [-0.25, -0.2) is 4.39 Å². The average molecular weight is 378 g/mol. The number of benzene rings is 1. The van der Waals surface area contributed by atoms with E-state index in [0.29, 0.717) is 0 Å². The summed E-state index contributed by atoms with van der Waals surface area (Å²) in [6.45, 7) is 7.88. The lowest BCUT2D eigenvalue weighted by atomic mass is 10.1. The van der Waals surface area contributed by atoms with Crippen LogP contribution in [0.2, 0.25) is 0 Å². The average Bonchev–Trinajstić information content (AvgIpc) is 2.68. The SMILES string of the molecule is CCCCCCCCCN(CCCCCCCCC)Cc1ccc(F)cc1. The third-order valence-electron chi connectivity index (χ3n) is 5.48. The van der Waals surface area contributed by atoms with E-state index in [9.17, 15) is 4.39 Å². The summed E-state index contributed by atoms with van der Waals surface area (Å²) in [6.07, 6.45) is 19.0. The maximum Gasteiger partial charge on any atom is 0.123 e. The Kier molecular flexibility index (Phi) is 15.4. The van der Waals surface area contributed by atoms with E-state index in [1.54, 1.807) is 12.1 Å². The molecule has 0 saturated heterocycles. The van der Waals surface area contributed by atoms with Crippen LogP contribution in [0.4, 0.5) is 4.39 Å². The predicted octanol–water partition coefficient (Wildman–Crippen LogP) is 8.13. The zero-order valence-electron chi connectivity index (χ0n) is 18.2. The van der Waals surface area contributed by atoms with Gasteiger partial charge >= 0.3 is 0 Å². The molecular weight excluding hydrogens is 333 g/mol. The molecule has 156 valence electrons. The Labute approximate surface area is 168 Å². The zero-order valence-corrected chi connectivity index (χ0v) is 18.2. The summed E-state index contributed by atoms with van der Waals surface area (Å²) in [7, 11) is 0. The quantitative estimate of drug-likeness (QED) is 0.233. The number of nitrogens with zero attached hydrogens (tertiary/aromatic N) is 1. The van der Waals surface area contributed by atoms with Gasteiger partial charge < -0.3 is 0 Å². The number of hydrogen-bond donors (Lipinski definition) is 0. The van der Waals surface area contributed by atoms with Crippen molar-refractivity contribution in [1.82, 2.24) is 4.90 Å². The van der Waals surface area contributed by atoms with Gasteiger partial charge in [-0.05, 0) is 43.6 Å². The van der Waals surface area contributed by atoms with E-state index in [1.807, 2.05) is 12.1 Å². The molecule has 0 unspecified atom stereocenters. The van der Waals surface area contributed by atoms with Crippen LogP contribution >= 0.6 is 0 Å². The van der Waals surface area contributed by atoms with Gasteiger partial charge in [-0.1, -0.05) is 103 Å². The molecule has 1 aromatic rings. The Morgan fingerprint density at radius 3 is 1.44 bits per heavy atom. The molecule has 0 amide bonds. The minimum absolute atomic E-state index is 0.135. The maximum absolute atomic E-state index is 13.2. The molecule has 0 aliphatic heterocycles. The molecule has 1 nitrogen and oxygen atoms in total. The second-order valence-electron chi connectivity index (χ2n) is 8.15. The number of unbranched alkanes of at least 4 members (excludes halogenated alkanes) is 12. The first kappa shape index (κ1) is 24.1. The summed E-state index contributed by atoms with van der Waals surface area (Å²) >= 11 is 0. The van der Waals surface area contributed by atoms with Crippen molar-refractivity contribution in [3.05, 3.63) is 35.6 Å². The molecular formula is C25H44FN. The van der Waals surface area contributed by atoms with Crippen LogP contribution in [0.25, 0.3) is 0 Å². The van der Waals surface area contributed by atoms with E-state index in [-0.39, 0.29) is 5.82 Å². The van der Waals surface area contributed by atoms with Crippen molar-refractivity contribution < 1.29 is 4.39 Å².